The molecule has 0 bridgehead atoms. The summed E-state index contributed by atoms with van der Waals surface area (Å²) in [5.74, 6) is 0.262. The number of hydrogen-bond acceptors (Lipinski definition) is 2. The minimum absolute atomic E-state index is 0. The number of fused-ring (bicyclic) bond motifs is 1. The van der Waals surface area contributed by atoms with Crippen LogP contribution in [-0.2, 0) is 17.9 Å². The fraction of sp³-hybridized carbons (Fsp3) is 0.417. The number of carbonyl (C=O) groups excluding carboxylic acids is 1. The zero-order valence-electron chi connectivity index (χ0n) is 8.98. The second-order valence-electron chi connectivity index (χ2n) is 4.26. The third kappa shape index (κ3) is 1.81. The number of nitrogens with zero attached hydrogens (tertiary/aromatic N) is 1. The van der Waals surface area contributed by atoms with Gasteiger partial charge in [0.1, 0.15) is 0 Å². The van der Waals surface area contributed by atoms with Gasteiger partial charge in [0.25, 0.3) is 0 Å². The van der Waals surface area contributed by atoms with Crippen molar-refractivity contribution in [3.8, 4) is 0 Å². The Balaban J connectivity index is 0.000000963. The lowest BCUT2D eigenvalue weighted by Crippen LogP contribution is -2.53. The van der Waals surface area contributed by atoms with Crippen molar-refractivity contribution in [1.29, 1.82) is 0 Å². The predicted molar refractivity (Wildman–Crippen MR) is 64.4 cm³/mol. The summed E-state index contributed by atoms with van der Waals surface area (Å²) in [5, 5.41) is 3.16. The molecule has 0 unspecified atom stereocenters. The van der Waals surface area contributed by atoms with Crippen LogP contribution in [0.15, 0.2) is 24.3 Å². The Labute approximate surface area is 101 Å². The Morgan fingerprint density at radius 1 is 1.25 bits per heavy atom. The lowest BCUT2D eigenvalue weighted by Gasteiger charge is -2.30. The highest BCUT2D eigenvalue weighted by Crippen LogP contribution is 2.23. The maximum absolute atomic E-state index is 12.0. The Bertz CT molecular complexity index is 379. The van der Waals surface area contributed by atoms with Gasteiger partial charge < -0.3 is 10.2 Å². The van der Waals surface area contributed by atoms with Gasteiger partial charge in [0.2, 0.25) is 5.91 Å². The quantitative estimate of drug-likeness (QED) is 0.800. The fourth-order valence-corrected chi connectivity index (χ4v) is 2.21. The molecule has 1 aromatic rings. The van der Waals surface area contributed by atoms with Crippen molar-refractivity contribution in [1.82, 2.24) is 10.2 Å². The van der Waals surface area contributed by atoms with Crippen LogP contribution in [0.5, 0.6) is 0 Å². The normalized spacial score (nSPS) is 22.0. The van der Waals surface area contributed by atoms with Crippen LogP contribution in [0, 0.1) is 0 Å². The number of carbonyl (C=O) groups is 1. The van der Waals surface area contributed by atoms with E-state index in [2.05, 4.69) is 17.4 Å². The first kappa shape index (κ1) is 11.4. The standard InChI is InChI=1S/C12H14N2O.ClH/c15-12(11-5-6-13-11)14-7-9-3-1-2-4-10(9)8-14;/h1-4,11,13H,5-8H2;1H/t11-;/m1./s1. The maximum atomic E-state index is 12.0. The van der Waals surface area contributed by atoms with E-state index in [9.17, 15) is 4.79 Å². The number of benzene rings is 1. The zero-order valence-corrected chi connectivity index (χ0v) is 9.80. The highest BCUT2D eigenvalue weighted by molar-refractivity contribution is 5.85. The molecule has 1 amide bonds. The van der Waals surface area contributed by atoms with Gasteiger partial charge in [-0.05, 0) is 24.1 Å². The molecule has 2 aliphatic rings. The van der Waals surface area contributed by atoms with Gasteiger partial charge in [-0.25, -0.2) is 0 Å². The van der Waals surface area contributed by atoms with Gasteiger partial charge in [0.05, 0.1) is 6.04 Å². The van der Waals surface area contributed by atoms with E-state index in [1.54, 1.807) is 0 Å². The van der Waals surface area contributed by atoms with Gasteiger partial charge in [0, 0.05) is 13.1 Å². The molecule has 0 spiro atoms. The van der Waals surface area contributed by atoms with Gasteiger partial charge in [-0.1, -0.05) is 24.3 Å². The van der Waals surface area contributed by atoms with Crippen LogP contribution < -0.4 is 5.32 Å². The van der Waals surface area contributed by atoms with Crippen molar-refractivity contribution in [2.75, 3.05) is 6.54 Å². The molecule has 0 aliphatic carbocycles. The van der Waals surface area contributed by atoms with Crippen molar-refractivity contribution in [3.05, 3.63) is 35.4 Å². The van der Waals surface area contributed by atoms with E-state index >= 15 is 0 Å². The summed E-state index contributed by atoms with van der Waals surface area (Å²) in [4.78, 5) is 13.9. The van der Waals surface area contributed by atoms with E-state index in [0.29, 0.717) is 0 Å². The van der Waals surface area contributed by atoms with Crippen molar-refractivity contribution >= 4 is 18.3 Å². The summed E-state index contributed by atoms with van der Waals surface area (Å²) in [6, 6.07) is 8.37. The van der Waals surface area contributed by atoms with Crippen molar-refractivity contribution in [2.45, 2.75) is 25.6 Å². The smallest absolute Gasteiger partial charge is 0.240 e. The van der Waals surface area contributed by atoms with E-state index in [1.807, 2.05) is 17.0 Å². The molecule has 4 heteroatoms. The highest BCUT2D eigenvalue weighted by Gasteiger charge is 2.31. The first-order chi connectivity index (χ1) is 7.34. The lowest BCUT2D eigenvalue weighted by molar-refractivity contribution is -0.135. The summed E-state index contributed by atoms with van der Waals surface area (Å²) in [6.07, 6.45) is 0.992. The summed E-state index contributed by atoms with van der Waals surface area (Å²) in [6.45, 7) is 2.55. The first-order valence-electron chi connectivity index (χ1n) is 5.43. The summed E-state index contributed by atoms with van der Waals surface area (Å²) >= 11 is 0. The topological polar surface area (TPSA) is 32.3 Å². The van der Waals surface area contributed by atoms with Crippen LogP contribution in [0.2, 0.25) is 0 Å². The number of amides is 1. The van der Waals surface area contributed by atoms with Gasteiger partial charge >= 0.3 is 0 Å². The van der Waals surface area contributed by atoms with Crippen LogP contribution in [-0.4, -0.2) is 23.4 Å². The van der Waals surface area contributed by atoms with Gasteiger partial charge in [0.15, 0.2) is 0 Å². The molecule has 1 N–H and O–H groups in total. The molecule has 2 aliphatic heterocycles. The lowest BCUT2D eigenvalue weighted by atomic mass is 10.1. The number of rotatable bonds is 1. The van der Waals surface area contributed by atoms with Crippen LogP contribution >= 0.6 is 12.4 Å². The van der Waals surface area contributed by atoms with Crippen LogP contribution in [0.3, 0.4) is 0 Å². The Morgan fingerprint density at radius 2 is 1.81 bits per heavy atom. The van der Waals surface area contributed by atoms with E-state index in [4.69, 9.17) is 0 Å². The molecular weight excluding hydrogens is 224 g/mol. The maximum Gasteiger partial charge on any atom is 0.240 e. The van der Waals surface area contributed by atoms with Gasteiger partial charge in [-0.2, -0.15) is 0 Å². The average molecular weight is 239 g/mol. The summed E-state index contributed by atoms with van der Waals surface area (Å²) in [5.41, 5.74) is 2.59. The monoisotopic (exact) mass is 238 g/mol. The largest absolute Gasteiger partial charge is 0.333 e. The first-order valence-corrected chi connectivity index (χ1v) is 5.43. The second-order valence-corrected chi connectivity index (χ2v) is 4.26. The molecule has 3 nitrogen and oxygen atoms in total. The highest BCUT2D eigenvalue weighted by atomic mass is 35.5. The van der Waals surface area contributed by atoms with Gasteiger partial charge in [-0.3, -0.25) is 4.79 Å². The van der Waals surface area contributed by atoms with Crippen LogP contribution in [0.25, 0.3) is 0 Å². The van der Waals surface area contributed by atoms with Gasteiger partial charge in [-0.15, -0.1) is 12.4 Å². The molecule has 3 rings (SSSR count). The SMILES string of the molecule is Cl.O=C([C@H]1CCN1)N1Cc2ccccc2C1. The van der Waals surface area contributed by atoms with Crippen LogP contribution in [0.4, 0.5) is 0 Å². The number of hydrogen-bond donors (Lipinski definition) is 1. The average Bonchev–Trinajstić information content (AvgIpc) is 2.58. The minimum atomic E-state index is 0. The summed E-state index contributed by atoms with van der Waals surface area (Å²) < 4.78 is 0. The minimum Gasteiger partial charge on any atom is -0.333 e. The van der Waals surface area contributed by atoms with E-state index in [0.717, 1.165) is 26.1 Å². The number of nitrogens with one attached hydrogen (secondary N) is 1. The predicted octanol–water partition coefficient (Wildman–Crippen LogP) is 1.31. The molecule has 0 aromatic heterocycles. The molecule has 1 saturated heterocycles. The summed E-state index contributed by atoms with van der Waals surface area (Å²) in [7, 11) is 0. The molecule has 1 atom stereocenters. The molecule has 1 fully saturated rings. The van der Waals surface area contributed by atoms with Crippen molar-refractivity contribution in [3.63, 3.8) is 0 Å². The Hall–Kier alpha value is -1.06. The third-order valence-electron chi connectivity index (χ3n) is 3.27. The molecule has 0 radical (unpaired) electrons. The Morgan fingerprint density at radius 3 is 2.25 bits per heavy atom. The van der Waals surface area contributed by atoms with Crippen LogP contribution in [0.1, 0.15) is 17.5 Å². The van der Waals surface area contributed by atoms with Crippen molar-refractivity contribution in [2.24, 2.45) is 0 Å². The van der Waals surface area contributed by atoms with Crippen molar-refractivity contribution < 1.29 is 4.79 Å². The van der Waals surface area contributed by atoms with E-state index in [-0.39, 0.29) is 24.4 Å². The molecule has 16 heavy (non-hydrogen) atoms. The molecule has 0 saturated carbocycles. The number of halogens is 1. The molecule has 86 valence electrons. The second kappa shape index (κ2) is 4.44. The molecule has 1 aromatic carbocycles. The fourth-order valence-electron chi connectivity index (χ4n) is 2.21. The molecular formula is C12H15ClN2O. The zero-order chi connectivity index (χ0) is 10.3. The van der Waals surface area contributed by atoms with E-state index in [1.165, 1.54) is 11.1 Å². The van der Waals surface area contributed by atoms with E-state index < -0.39 is 0 Å². The molecule has 2 heterocycles. The Kier molecular flexibility index (Phi) is 3.17. The third-order valence-corrected chi connectivity index (χ3v) is 3.27.